The zero-order valence-corrected chi connectivity index (χ0v) is 11.2. The fourth-order valence-electron chi connectivity index (χ4n) is 1.37. The van der Waals surface area contributed by atoms with Gasteiger partial charge in [-0.05, 0) is 27.6 Å². The van der Waals surface area contributed by atoms with E-state index in [1.165, 1.54) is 13.2 Å². The van der Waals surface area contributed by atoms with Crippen molar-refractivity contribution in [3.8, 4) is 0 Å². The maximum atomic E-state index is 12.9. The van der Waals surface area contributed by atoms with Crippen LogP contribution in [0.25, 0.3) is 0 Å². The Balaban J connectivity index is 3.25. The van der Waals surface area contributed by atoms with Gasteiger partial charge in [0.1, 0.15) is 4.60 Å². The molecule has 0 N–H and O–H groups in total. The second-order valence-electron chi connectivity index (χ2n) is 3.15. The molecule has 0 atom stereocenters. The molecule has 0 aromatic carbocycles. The van der Waals surface area contributed by atoms with Crippen LogP contribution in [-0.4, -0.2) is 18.1 Å². The van der Waals surface area contributed by atoms with Crippen molar-refractivity contribution in [2.24, 2.45) is 0 Å². The first-order valence-electron chi connectivity index (χ1n) is 4.58. The molecule has 0 aliphatic carbocycles. The number of aromatic nitrogens is 1. The SMILES string of the molecule is COC(=O)Cc1cc(Br)nc(CCl)c1C(F)F. The quantitative estimate of drug-likeness (QED) is 0.484. The lowest BCUT2D eigenvalue weighted by molar-refractivity contribution is -0.139. The van der Waals surface area contributed by atoms with Gasteiger partial charge in [-0.1, -0.05) is 0 Å². The molecule has 17 heavy (non-hydrogen) atoms. The van der Waals surface area contributed by atoms with Crippen molar-refractivity contribution in [3.05, 3.63) is 27.5 Å². The number of esters is 1. The van der Waals surface area contributed by atoms with Gasteiger partial charge in [0.15, 0.2) is 0 Å². The van der Waals surface area contributed by atoms with Gasteiger partial charge in [-0.3, -0.25) is 4.79 Å². The van der Waals surface area contributed by atoms with Crippen LogP contribution in [0.5, 0.6) is 0 Å². The van der Waals surface area contributed by atoms with E-state index in [0.29, 0.717) is 4.60 Å². The van der Waals surface area contributed by atoms with Gasteiger partial charge in [-0.15, -0.1) is 11.6 Å². The molecule has 0 spiro atoms. The fraction of sp³-hybridized carbons (Fsp3) is 0.400. The maximum Gasteiger partial charge on any atom is 0.309 e. The van der Waals surface area contributed by atoms with Crippen molar-refractivity contribution in [2.45, 2.75) is 18.7 Å². The summed E-state index contributed by atoms with van der Waals surface area (Å²) in [6, 6.07) is 1.37. The molecular weight excluding hydrogens is 319 g/mol. The Morgan fingerprint density at radius 2 is 2.29 bits per heavy atom. The average Bonchev–Trinajstić information content (AvgIpc) is 2.27. The highest BCUT2D eigenvalue weighted by Crippen LogP contribution is 2.29. The molecule has 0 saturated heterocycles. The molecular formula is C10H9BrClF2NO2. The van der Waals surface area contributed by atoms with Crippen molar-refractivity contribution in [2.75, 3.05) is 7.11 Å². The van der Waals surface area contributed by atoms with E-state index in [0.717, 1.165) is 0 Å². The van der Waals surface area contributed by atoms with E-state index in [2.05, 4.69) is 25.7 Å². The smallest absolute Gasteiger partial charge is 0.309 e. The van der Waals surface area contributed by atoms with Crippen LogP contribution in [0.2, 0.25) is 0 Å². The third kappa shape index (κ3) is 3.61. The number of nitrogens with zero attached hydrogens (tertiary/aromatic N) is 1. The molecule has 1 aromatic heterocycles. The van der Waals surface area contributed by atoms with E-state index in [-0.39, 0.29) is 29.1 Å². The molecule has 0 aliphatic heterocycles. The Hall–Kier alpha value is -0.750. The Morgan fingerprint density at radius 3 is 2.76 bits per heavy atom. The summed E-state index contributed by atoms with van der Waals surface area (Å²) in [5.41, 5.74) is -0.0621. The van der Waals surface area contributed by atoms with Crippen molar-refractivity contribution in [3.63, 3.8) is 0 Å². The summed E-state index contributed by atoms with van der Waals surface area (Å²) in [6.45, 7) is 0. The number of hydrogen-bond donors (Lipinski definition) is 0. The summed E-state index contributed by atoms with van der Waals surface area (Å²) >= 11 is 8.64. The van der Waals surface area contributed by atoms with Gasteiger partial charge in [-0.25, -0.2) is 13.8 Å². The summed E-state index contributed by atoms with van der Waals surface area (Å²) < 4.78 is 30.6. The van der Waals surface area contributed by atoms with E-state index < -0.39 is 12.4 Å². The minimum Gasteiger partial charge on any atom is -0.469 e. The van der Waals surface area contributed by atoms with Crippen molar-refractivity contribution >= 4 is 33.5 Å². The van der Waals surface area contributed by atoms with Gasteiger partial charge >= 0.3 is 5.97 Å². The van der Waals surface area contributed by atoms with Gasteiger partial charge in [0.05, 0.1) is 25.1 Å². The number of methoxy groups -OCH3 is 1. The lowest BCUT2D eigenvalue weighted by Gasteiger charge is -2.12. The molecule has 1 heterocycles. The lowest BCUT2D eigenvalue weighted by Crippen LogP contribution is -2.10. The normalized spacial score (nSPS) is 10.7. The van der Waals surface area contributed by atoms with E-state index in [4.69, 9.17) is 11.6 Å². The average molecular weight is 329 g/mol. The van der Waals surface area contributed by atoms with Crippen LogP contribution in [0.15, 0.2) is 10.7 Å². The van der Waals surface area contributed by atoms with Gasteiger partial charge in [0.25, 0.3) is 6.43 Å². The number of hydrogen-bond acceptors (Lipinski definition) is 3. The largest absolute Gasteiger partial charge is 0.469 e. The molecule has 0 bridgehead atoms. The predicted molar refractivity (Wildman–Crippen MR) is 62.2 cm³/mol. The summed E-state index contributed by atoms with van der Waals surface area (Å²) in [5.74, 6) is -0.738. The Bertz CT molecular complexity index is 429. The number of pyridine rings is 1. The minimum absolute atomic E-state index is 0.0648. The van der Waals surface area contributed by atoms with Crippen molar-refractivity contribution in [1.82, 2.24) is 4.98 Å². The number of alkyl halides is 3. The third-order valence-corrected chi connectivity index (χ3v) is 2.76. The highest BCUT2D eigenvalue weighted by atomic mass is 79.9. The van der Waals surface area contributed by atoms with E-state index in [1.807, 2.05) is 0 Å². The first-order chi connectivity index (χ1) is 7.99. The highest BCUT2D eigenvalue weighted by molar-refractivity contribution is 9.10. The van der Waals surface area contributed by atoms with E-state index in [9.17, 15) is 13.6 Å². The molecule has 0 fully saturated rings. The molecule has 0 saturated carbocycles. The Kier molecular flexibility index (Phi) is 5.27. The predicted octanol–water partition coefficient (Wildman–Crippen LogP) is 3.24. The Labute approximate surface area is 110 Å². The number of carbonyl (C=O) groups excluding carboxylic acids is 1. The minimum atomic E-state index is -2.73. The summed E-state index contributed by atoms with van der Waals surface area (Å²) in [7, 11) is 1.20. The van der Waals surface area contributed by atoms with Crippen LogP contribution in [0.3, 0.4) is 0 Å². The van der Waals surface area contributed by atoms with Crippen molar-refractivity contribution in [1.29, 1.82) is 0 Å². The second-order valence-corrected chi connectivity index (χ2v) is 4.23. The molecule has 3 nitrogen and oxygen atoms in total. The number of rotatable bonds is 4. The van der Waals surface area contributed by atoms with Crippen LogP contribution in [0.1, 0.15) is 23.2 Å². The van der Waals surface area contributed by atoms with Crippen LogP contribution in [-0.2, 0) is 21.8 Å². The van der Waals surface area contributed by atoms with Gasteiger partial charge in [0, 0.05) is 5.56 Å². The topological polar surface area (TPSA) is 39.2 Å². The summed E-state index contributed by atoms with van der Waals surface area (Å²) in [6.07, 6.45) is -2.97. The first kappa shape index (κ1) is 14.3. The van der Waals surface area contributed by atoms with Crippen LogP contribution < -0.4 is 0 Å². The monoisotopic (exact) mass is 327 g/mol. The Morgan fingerprint density at radius 1 is 1.65 bits per heavy atom. The lowest BCUT2D eigenvalue weighted by atomic mass is 10.0. The van der Waals surface area contributed by atoms with E-state index >= 15 is 0 Å². The van der Waals surface area contributed by atoms with Gasteiger partial charge in [-0.2, -0.15) is 0 Å². The highest BCUT2D eigenvalue weighted by Gasteiger charge is 2.21. The molecule has 1 rings (SSSR count). The standard InChI is InChI=1S/C10H9BrClF2NO2/c1-17-8(16)3-5-2-7(11)15-6(4-12)9(5)10(13)14/h2,10H,3-4H2,1H3. The van der Waals surface area contributed by atoms with Crippen LogP contribution >= 0.6 is 27.5 Å². The summed E-state index contributed by atoms with van der Waals surface area (Å²) in [5, 5.41) is 0. The second kappa shape index (κ2) is 6.26. The third-order valence-electron chi connectivity index (χ3n) is 2.10. The zero-order valence-electron chi connectivity index (χ0n) is 8.84. The molecule has 0 aliphatic rings. The number of halogens is 4. The van der Waals surface area contributed by atoms with Gasteiger partial charge < -0.3 is 4.74 Å². The molecule has 1 aromatic rings. The fourth-order valence-corrected chi connectivity index (χ4v) is 2.06. The molecule has 0 unspecified atom stereocenters. The van der Waals surface area contributed by atoms with Crippen LogP contribution in [0, 0.1) is 0 Å². The van der Waals surface area contributed by atoms with Crippen molar-refractivity contribution < 1.29 is 18.3 Å². The first-order valence-corrected chi connectivity index (χ1v) is 5.91. The van der Waals surface area contributed by atoms with Crippen LogP contribution in [0.4, 0.5) is 8.78 Å². The number of ether oxygens (including phenoxy) is 1. The zero-order chi connectivity index (χ0) is 13.0. The van der Waals surface area contributed by atoms with E-state index in [1.54, 1.807) is 0 Å². The maximum absolute atomic E-state index is 12.9. The molecule has 0 radical (unpaired) electrons. The summed E-state index contributed by atoms with van der Waals surface area (Å²) in [4.78, 5) is 15.0. The molecule has 94 valence electrons. The van der Waals surface area contributed by atoms with Gasteiger partial charge in [0.2, 0.25) is 0 Å². The molecule has 0 amide bonds. The molecule has 7 heteroatoms. The number of carbonyl (C=O) groups is 1.